The van der Waals surface area contributed by atoms with E-state index in [0.29, 0.717) is 0 Å². The smallest absolute Gasteiger partial charge is 0.168 e. The molecule has 4 aromatic rings. The molecule has 3 aromatic heterocycles. The van der Waals surface area contributed by atoms with Crippen molar-refractivity contribution in [2.75, 3.05) is 18.0 Å². The van der Waals surface area contributed by atoms with Crippen molar-refractivity contribution in [1.82, 2.24) is 19.7 Å². The Morgan fingerprint density at radius 1 is 1.00 bits per heavy atom. The van der Waals surface area contributed by atoms with E-state index in [1.54, 1.807) is 17.7 Å². The van der Waals surface area contributed by atoms with Gasteiger partial charge >= 0.3 is 0 Å². The molecule has 1 aromatic carbocycles. The van der Waals surface area contributed by atoms with Crippen molar-refractivity contribution >= 4 is 33.8 Å². The number of aromatic nitrogens is 4. The maximum Gasteiger partial charge on any atom is 0.168 e. The van der Waals surface area contributed by atoms with E-state index in [9.17, 15) is 0 Å². The van der Waals surface area contributed by atoms with E-state index in [4.69, 9.17) is 0 Å². The lowest BCUT2D eigenvalue weighted by Crippen LogP contribution is -2.29. The van der Waals surface area contributed by atoms with Crippen molar-refractivity contribution in [3.63, 3.8) is 0 Å². The molecule has 0 radical (unpaired) electrons. The molecule has 0 atom stereocenters. The predicted molar refractivity (Wildman–Crippen MR) is 106 cm³/mol. The minimum absolute atomic E-state index is 0.842. The second-order valence-electron chi connectivity index (χ2n) is 6.23. The zero-order valence-electron chi connectivity index (χ0n) is 14.1. The third-order valence-electron chi connectivity index (χ3n) is 4.69. The quantitative estimate of drug-likeness (QED) is 0.551. The van der Waals surface area contributed by atoms with Gasteiger partial charge in [0.05, 0.1) is 17.3 Å². The number of benzene rings is 1. The predicted octanol–water partition coefficient (Wildman–Crippen LogP) is 4.17. The molecule has 0 saturated heterocycles. The van der Waals surface area contributed by atoms with Crippen LogP contribution in [0.1, 0.15) is 11.3 Å². The summed E-state index contributed by atoms with van der Waals surface area (Å²) in [5, 5.41) is 7.67. The summed E-state index contributed by atoms with van der Waals surface area (Å²) < 4.78 is 1.87. The van der Waals surface area contributed by atoms with Gasteiger partial charge in [0.15, 0.2) is 5.65 Å². The van der Waals surface area contributed by atoms with Crippen LogP contribution in [0.3, 0.4) is 0 Å². The fraction of sp³-hybridized carbons (Fsp3) is 0.150. The van der Waals surface area contributed by atoms with Gasteiger partial charge in [-0.15, -0.1) is 11.3 Å². The molecule has 0 N–H and O–H groups in total. The first-order valence-corrected chi connectivity index (χ1v) is 9.50. The second kappa shape index (κ2) is 6.38. The van der Waals surface area contributed by atoms with Gasteiger partial charge in [0, 0.05) is 18.0 Å². The van der Waals surface area contributed by atoms with E-state index in [-0.39, 0.29) is 0 Å². The van der Waals surface area contributed by atoms with Gasteiger partial charge in [0.25, 0.3) is 0 Å². The third kappa shape index (κ3) is 2.59. The van der Waals surface area contributed by atoms with Crippen LogP contribution in [0.25, 0.3) is 22.3 Å². The van der Waals surface area contributed by atoms with Gasteiger partial charge in [-0.25, -0.2) is 14.6 Å². The van der Waals surface area contributed by atoms with Crippen molar-refractivity contribution in [1.29, 1.82) is 0 Å². The van der Waals surface area contributed by atoms with Crippen LogP contribution in [0.15, 0.2) is 66.4 Å². The van der Waals surface area contributed by atoms with Gasteiger partial charge in [-0.3, -0.25) is 0 Å². The second-order valence-corrected chi connectivity index (χ2v) is 7.18. The largest absolute Gasteiger partial charge is 0.352 e. The Kier molecular flexibility index (Phi) is 3.75. The van der Waals surface area contributed by atoms with Crippen LogP contribution >= 0.6 is 11.3 Å². The van der Waals surface area contributed by atoms with Crippen LogP contribution in [0.2, 0.25) is 0 Å². The minimum atomic E-state index is 0.842. The molecule has 0 spiro atoms. The summed E-state index contributed by atoms with van der Waals surface area (Å²) in [6, 6.07) is 14.4. The summed E-state index contributed by atoms with van der Waals surface area (Å²) >= 11 is 1.80. The molecule has 1 aliphatic heterocycles. The van der Waals surface area contributed by atoms with Gasteiger partial charge < -0.3 is 4.90 Å². The molecule has 5 rings (SSSR count). The summed E-state index contributed by atoms with van der Waals surface area (Å²) in [7, 11) is 0. The van der Waals surface area contributed by atoms with Crippen molar-refractivity contribution in [3.8, 4) is 5.69 Å². The summed E-state index contributed by atoms with van der Waals surface area (Å²) in [6.07, 6.45) is 6.84. The van der Waals surface area contributed by atoms with E-state index < -0.39 is 0 Å². The zero-order valence-corrected chi connectivity index (χ0v) is 14.9. The fourth-order valence-electron chi connectivity index (χ4n) is 3.39. The Hall–Kier alpha value is -2.99. The maximum absolute atomic E-state index is 4.56. The Bertz CT molecular complexity index is 1070. The lowest BCUT2D eigenvalue weighted by molar-refractivity contribution is 0.819. The first-order valence-electron chi connectivity index (χ1n) is 8.62. The molecule has 4 heterocycles. The Balaban J connectivity index is 1.50. The molecule has 1 aliphatic rings. The maximum atomic E-state index is 4.56. The standard InChI is InChI=1S/C20H17N5S/c1-2-5-16(6-3-1)25-20-17(13-23-25)19(21-14-22-20)24-10-8-15(9-11-24)18-7-4-12-26-18/h1-8,12-14H,9-11H2. The summed E-state index contributed by atoms with van der Waals surface area (Å²) in [5.74, 6) is 0.957. The summed E-state index contributed by atoms with van der Waals surface area (Å²) in [5.41, 5.74) is 3.28. The Morgan fingerprint density at radius 2 is 1.92 bits per heavy atom. The average molecular weight is 359 g/mol. The first-order chi connectivity index (χ1) is 12.9. The number of thiophene rings is 1. The fourth-order valence-corrected chi connectivity index (χ4v) is 4.19. The van der Waals surface area contributed by atoms with Crippen LogP contribution in [0, 0.1) is 0 Å². The van der Waals surface area contributed by atoms with Crippen molar-refractivity contribution in [2.24, 2.45) is 0 Å². The van der Waals surface area contributed by atoms with E-state index >= 15 is 0 Å². The normalized spacial score (nSPS) is 14.6. The number of rotatable bonds is 3. The molecule has 0 saturated carbocycles. The number of nitrogens with zero attached hydrogens (tertiary/aromatic N) is 5. The monoisotopic (exact) mass is 359 g/mol. The van der Waals surface area contributed by atoms with E-state index in [1.807, 2.05) is 41.2 Å². The molecular formula is C20H17N5S. The summed E-state index contributed by atoms with van der Waals surface area (Å²) in [4.78, 5) is 12.7. The highest BCUT2D eigenvalue weighted by Crippen LogP contribution is 2.30. The van der Waals surface area contributed by atoms with E-state index in [2.05, 4.69) is 43.6 Å². The molecule has 26 heavy (non-hydrogen) atoms. The zero-order chi connectivity index (χ0) is 17.3. The molecule has 0 unspecified atom stereocenters. The first kappa shape index (κ1) is 15.3. The SMILES string of the molecule is C1=C(c2cccs2)CCN(c2ncnc3c2cnn3-c2ccccc2)C1. The number of anilines is 1. The highest BCUT2D eigenvalue weighted by Gasteiger charge is 2.19. The number of fused-ring (bicyclic) bond motifs is 1. The lowest BCUT2D eigenvalue weighted by atomic mass is 10.1. The van der Waals surface area contributed by atoms with Gasteiger partial charge in [-0.05, 0) is 35.6 Å². The molecular weight excluding hydrogens is 342 g/mol. The van der Waals surface area contributed by atoms with Gasteiger partial charge in [-0.2, -0.15) is 5.10 Å². The van der Waals surface area contributed by atoms with E-state index in [0.717, 1.165) is 42.0 Å². The number of hydrogen-bond donors (Lipinski definition) is 0. The number of para-hydroxylation sites is 1. The highest BCUT2D eigenvalue weighted by atomic mass is 32.1. The van der Waals surface area contributed by atoms with Crippen LogP contribution in [-0.4, -0.2) is 32.8 Å². The topological polar surface area (TPSA) is 46.8 Å². The lowest BCUT2D eigenvalue weighted by Gasteiger charge is -2.27. The van der Waals surface area contributed by atoms with Gasteiger partial charge in [0.1, 0.15) is 12.1 Å². The number of hydrogen-bond acceptors (Lipinski definition) is 5. The van der Waals surface area contributed by atoms with Crippen LogP contribution in [-0.2, 0) is 0 Å². The Labute approximate surface area is 155 Å². The Morgan fingerprint density at radius 3 is 2.69 bits per heavy atom. The molecule has 0 bridgehead atoms. The average Bonchev–Trinajstić information content (AvgIpc) is 3.39. The van der Waals surface area contributed by atoms with Crippen LogP contribution in [0.5, 0.6) is 0 Å². The third-order valence-corrected chi connectivity index (χ3v) is 5.64. The van der Waals surface area contributed by atoms with Gasteiger partial charge in [-0.1, -0.05) is 30.3 Å². The molecule has 5 nitrogen and oxygen atoms in total. The van der Waals surface area contributed by atoms with Crippen LogP contribution in [0.4, 0.5) is 5.82 Å². The van der Waals surface area contributed by atoms with Crippen molar-refractivity contribution in [3.05, 3.63) is 71.3 Å². The minimum Gasteiger partial charge on any atom is -0.352 e. The molecule has 6 heteroatoms. The van der Waals surface area contributed by atoms with Crippen molar-refractivity contribution < 1.29 is 0 Å². The van der Waals surface area contributed by atoms with Crippen molar-refractivity contribution in [2.45, 2.75) is 6.42 Å². The molecule has 0 aliphatic carbocycles. The molecule has 128 valence electrons. The summed E-state index contributed by atoms with van der Waals surface area (Å²) in [6.45, 7) is 1.81. The molecule has 0 amide bonds. The van der Waals surface area contributed by atoms with E-state index in [1.165, 1.54) is 10.5 Å². The van der Waals surface area contributed by atoms with Gasteiger partial charge in [0.2, 0.25) is 0 Å². The van der Waals surface area contributed by atoms with Crippen LogP contribution < -0.4 is 4.90 Å². The highest BCUT2D eigenvalue weighted by molar-refractivity contribution is 7.11. The molecule has 0 fully saturated rings.